The summed E-state index contributed by atoms with van der Waals surface area (Å²) in [5.74, 6) is -11.2. The normalized spacial score (nSPS) is 17.7. The highest BCUT2D eigenvalue weighted by atomic mass is 16.4. The Bertz CT molecular complexity index is 2410. The molecule has 2 aliphatic rings. The van der Waals surface area contributed by atoms with E-state index in [-0.39, 0.29) is 51.6 Å². The monoisotopic (exact) mass is 1040 g/mol. The van der Waals surface area contributed by atoms with Crippen molar-refractivity contribution in [1.29, 1.82) is 0 Å². The Morgan fingerprint density at radius 3 is 1.85 bits per heavy atom. The van der Waals surface area contributed by atoms with E-state index in [0.717, 1.165) is 0 Å². The number of nitrogens with two attached hydrogens (primary N) is 3. The molecule has 0 unspecified atom stereocenters. The van der Waals surface area contributed by atoms with Crippen molar-refractivity contribution in [3.05, 3.63) is 36.0 Å². The third-order valence-electron chi connectivity index (χ3n) is 12.5. The van der Waals surface area contributed by atoms with Crippen molar-refractivity contribution in [2.45, 2.75) is 120 Å². The van der Waals surface area contributed by atoms with Crippen molar-refractivity contribution in [2.75, 3.05) is 39.4 Å². The molecule has 17 N–H and O–H groups in total. The van der Waals surface area contributed by atoms with Gasteiger partial charge in [0.05, 0.1) is 32.3 Å². The third-order valence-corrected chi connectivity index (χ3v) is 12.5. The van der Waals surface area contributed by atoms with Crippen molar-refractivity contribution in [1.82, 2.24) is 52.0 Å². The van der Waals surface area contributed by atoms with Crippen LogP contribution in [0.2, 0.25) is 0 Å². The van der Waals surface area contributed by atoms with Crippen LogP contribution < -0.4 is 54.4 Å². The Morgan fingerprint density at radius 1 is 0.676 bits per heavy atom. The molecule has 8 atom stereocenters. The first-order valence-corrected chi connectivity index (χ1v) is 24.0. The maximum atomic E-state index is 14.0. The van der Waals surface area contributed by atoms with Crippen molar-refractivity contribution < 1.29 is 72.9 Å². The fourth-order valence-corrected chi connectivity index (χ4v) is 8.43. The quantitative estimate of drug-likeness (QED) is 0.0377. The van der Waals surface area contributed by atoms with Gasteiger partial charge in [0.25, 0.3) is 0 Å². The number of aliphatic hydroxyl groups is 2. The number of para-hydroxylation sites is 1. The van der Waals surface area contributed by atoms with Gasteiger partial charge in [0.1, 0.15) is 42.3 Å². The molecule has 28 nitrogen and oxygen atoms in total. The van der Waals surface area contributed by atoms with Crippen LogP contribution in [0.4, 0.5) is 0 Å². The lowest BCUT2D eigenvalue weighted by Crippen LogP contribution is -2.60. The van der Waals surface area contributed by atoms with E-state index in [4.69, 9.17) is 17.2 Å². The Morgan fingerprint density at radius 2 is 1.23 bits per heavy atom. The van der Waals surface area contributed by atoms with Crippen LogP contribution in [-0.4, -0.2) is 189 Å². The van der Waals surface area contributed by atoms with Crippen LogP contribution in [0.5, 0.6) is 0 Å². The van der Waals surface area contributed by atoms with Gasteiger partial charge in [-0.3, -0.25) is 52.7 Å². The van der Waals surface area contributed by atoms with Gasteiger partial charge in [-0.15, -0.1) is 0 Å². The fraction of sp³-hybridized carbons (Fsp3) is 0.565. The first kappa shape index (κ1) is 58.8. The van der Waals surface area contributed by atoms with Gasteiger partial charge in [0.2, 0.25) is 65.0 Å². The second-order valence-corrected chi connectivity index (χ2v) is 18.3. The third kappa shape index (κ3) is 16.7. The van der Waals surface area contributed by atoms with E-state index in [1.807, 2.05) is 0 Å². The van der Waals surface area contributed by atoms with E-state index < -0.39 is 158 Å². The summed E-state index contributed by atoms with van der Waals surface area (Å²) in [6.45, 7) is 0.173. The summed E-state index contributed by atoms with van der Waals surface area (Å²) >= 11 is 0. The number of nitrogens with one attached hydrogen (secondary N) is 8. The van der Waals surface area contributed by atoms with E-state index in [1.165, 1.54) is 23.6 Å². The molecule has 74 heavy (non-hydrogen) atoms. The van der Waals surface area contributed by atoms with Crippen molar-refractivity contribution in [3.8, 4) is 0 Å². The van der Waals surface area contributed by atoms with Crippen LogP contribution in [0, 0.1) is 5.92 Å². The van der Waals surface area contributed by atoms with E-state index in [2.05, 4.69) is 42.2 Å². The number of carboxylic acid groups (broad SMARTS) is 1. The zero-order valence-corrected chi connectivity index (χ0v) is 41.1. The summed E-state index contributed by atoms with van der Waals surface area (Å²) in [6.07, 6.45) is 1.73. The van der Waals surface area contributed by atoms with Crippen LogP contribution in [0.25, 0.3) is 10.9 Å². The lowest BCUT2D eigenvalue weighted by atomic mass is 10.0. The molecule has 1 aromatic carbocycles. The molecule has 0 bridgehead atoms. The predicted molar refractivity (Wildman–Crippen MR) is 259 cm³/mol. The van der Waals surface area contributed by atoms with Gasteiger partial charge in [0.15, 0.2) is 0 Å². The van der Waals surface area contributed by atoms with Crippen LogP contribution in [0.3, 0.4) is 0 Å². The van der Waals surface area contributed by atoms with Gasteiger partial charge in [-0.05, 0) is 56.1 Å². The summed E-state index contributed by atoms with van der Waals surface area (Å²) in [5.41, 5.74) is 17.3. The van der Waals surface area contributed by atoms with Crippen LogP contribution >= 0.6 is 0 Å². The number of fused-ring (bicyclic) bond motifs is 1. The SMILES string of the molecule is CC(C)[C@H](NC(=O)[C@H](CCC(N)=O)NC(=O)[C@H](CO)NC(=O)[C@H](Cc1c[nH]c2ccccc12)NC(=O)[C@H](CO)NC(=O)CNC(=O)[C@@H]1CCCN1C(=O)[C@@H]1CCCN1C(=O)CNC(=O)[C@@H](N)CCC(N)=O)C(=O)O. The minimum absolute atomic E-state index is 0.0271. The highest BCUT2D eigenvalue weighted by Crippen LogP contribution is 2.25. The highest BCUT2D eigenvalue weighted by molar-refractivity contribution is 5.98. The number of carbonyl (C=O) groups excluding carboxylic acids is 11. The Balaban J connectivity index is 1.40. The molecule has 0 saturated carbocycles. The number of rotatable bonds is 28. The van der Waals surface area contributed by atoms with E-state index in [1.54, 1.807) is 30.5 Å². The highest BCUT2D eigenvalue weighted by Gasteiger charge is 2.42. The Hall–Kier alpha value is -7.72. The lowest BCUT2D eigenvalue weighted by molar-refractivity contribution is -0.146. The molecule has 28 heteroatoms. The van der Waals surface area contributed by atoms with Gasteiger partial charge in [0, 0.05) is 49.5 Å². The first-order chi connectivity index (χ1) is 35.1. The number of amides is 11. The second kappa shape index (κ2) is 27.9. The van der Waals surface area contributed by atoms with Crippen LogP contribution in [-0.2, 0) is 64.0 Å². The number of hydrogen-bond acceptors (Lipinski definition) is 15. The number of aliphatic carboxylic acids is 1. The topological polar surface area (TPSA) is 450 Å². The van der Waals surface area contributed by atoms with Gasteiger partial charge < -0.3 is 84.5 Å². The smallest absolute Gasteiger partial charge is 0.326 e. The molecule has 406 valence electrons. The molecule has 0 spiro atoms. The molecular formula is C46H67N13O15. The largest absolute Gasteiger partial charge is 0.480 e. The van der Waals surface area contributed by atoms with Gasteiger partial charge in [-0.25, -0.2) is 4.79 Å². The van der Waals surface area contributed by atoms with Gasteiger partial charge in [-0.2, -0.15) is 0 Å². The lowest BCUT2D eigenvalue weighted by Gasteiger charge is -2.31. The van der Waals surface area contributed by atoms with E-state index in [9.17, 15) is 72.9 Å². The van der Waals surface area contributed by atoms with Crippen molar-refractivity contribution in [3.63, 3.8) is 0 Å². The first-order valence-electron chi connectivity index (χ1n) is 24.0. The minimum Gasteiger partial charge on any atom is -0.480 e. The molecule has 4 rings (SSSR count). The molecule has 0 radical (unpaired) electrons. The number of primary amides is 2. The number of H-pyrrole nitrogens is 1. The van der Waals surface area contributed by atoms with Crippen LogP contribution in [0.15, 0.2) is 30.5 Å². The zero-order valence-electron chi connectivity index (χ0n) is 41.1. The molecule has 0 aliphatic carbocycles. The maximum absolute atomic E-state index is 14.0. The number of aliphatic hydroxyl groups excluding tert-OH is 2. The molecule has 11 amide bonds. The Labute approximate surface area is 424 Å². The molecule has 3 heterocycles. The zero-order chi connectivity index (χ0) is 54.8. The molecular weight excluding hydrogens is 975 g/mol. The molecule has 2 aromatic rings. The van der Waals surface area contributed by atoms with Crippen LogP contribution in [0.1, 0.15) is 70.8 Å². The summed E-state index contributed by atoms with van der Waals surface area (Å²) in [7, 11) is 0. The van der Waals surface area contributed by atoms with E-state index >= 15 is 0 Å². The maximum Gasteiger partial charge on any atom is 0.326 e. The number of benzene rings is 1. The summed E-state index contributed by atoms with van der Waals surface area (Å²) < 4.78 is 0. The fourth-order valence-electron chi connectivity index (χ4n) is 8.43. The molecule has 1 aromatic heterocycles. The van der Waals surface area contributed by atoms with Crippen molar-refractivity contribution in [2.24, 2.45) is 23.1 Å². The Kier molecular flexibility index (Phi) is 22.2. The summed E-state index contributed by atoms with van der Waals surface area (Å²) in [5, 5.41) is 47.2. The number of aromatic amines is 1. The van der Waals surface area contributed by atoms with E-state index in [0.29, 0.717) is 29.3 Å². The molecule has 2 fully saturated rings. The second-order valence-electron chi connectivity index (χ2n) is 18.3. The number of carboxylic acids is 1. The van der Waals surface area contributed by atoms with Gasteiger partial charge >= 0.3 is 5.97 Å². The predicted octanol–water partition coefficient (Wildman–Crippen LogP) is -6.07. The summed E-state index contributed by atoms with van der Waals surface area (Å²) in [6, 6.07) is -4.13. The standard InChI is InChI=1S/C46H67N13O15/c1-23(2)38(46(73)74)57-40(67)28(12-14-35(49)63)54-43(70)31(22-61)56-41(68)29(17-24-18-50-27-8-4-3-7-25(24)27)55-42(69)30(21-60)53-36(64)19-51-44(71)32-9-5-16-59(32)45(72)33-10-6-15-58(33)37(65)20-52-39(66)26(47)11-13-34(48)62/h3-4,7-8,18,23,26,28-33,38,50,60-61H,5-6,9-17,19-22,47H2,1-2H3,(H2,48,62)(H2,49,63)(H,51,71)(H,52,66)(H,53,64)(H,54,70)(H,55,69)(H,56,68)(H,57,67)(H,73,74)/t26-,28-,29-,30-,31-,32-,33-,38-/m0/s1. The van der Waals surface area contributed by atoms with Crippen molar-refractivity contribution >= 4 is 81.9 Å². The average molecular weight is 1040 g/mol. The molecule has 2 aliphatic heterocycles. The van der Waals surface area contributed by atoms with Gasteiger partial charge in [-0.1, -0.05) is 32.0 Å². The number of nitrogens with zero attached hydrogens (tertiary/aromatic N) is 2. The summed E-state index contributed by atoms with van der Waals surface area (Å²) in [4.78, 5) is 160. The number of aromatic nitrogens is 1. The number of carbonyl (C=O) groups is 12. The minimum atomic E-state index is -1.79. The number of likely N-dealkylation sites (tertiary alicyclic amines) is 2. The number of hydrogen-bond donors (Lipinski definition) is 14. The molecule has 2 saturated heterocycles. The average Bonchev–Trinajstić information content (AvgIpc) is 4.16.